The van der Waals surface area contributed by atoms with E-state index in [4.69, 9.17) is 0 Å². The summed E-state index contributed by atoms with van der Waals surface area (Å²) >= 11 is 0. The van der Waals surface area contributed by atoms with Gasteiger partial charge in [-0.1, -0.05) is 48.5 Å². The second-order valence-electron chi connectivity index (χ2n) is 5.88. The van der Waals surface area contributed by atoms with Gasteiger partial charge in [0.1, 0.15) is 5.69 Å². The highest BCUT2D eigenvalue weighted by molar-refractivity contribution is 6.09. The van der Waals surface area contributed by atoms with E-state index in [1.165, 1.54) is 6.21 Å². The Morgan fingerprint density at radius 2 is 1.92 bits per heavy atom. The molecule has 0 aliphatic heterocycles. The molecule has 0 atom stereocenters. The zero-order valence-corrected chi connectivity index (χ0v) is 14.2. The lowest BCUT2D eigenvalue weighted by Gasteiger charge is -2.04. The summed E-state index contributed by atoms with van der Waals surface area (Å²) in [5.41, 5.74) is 5.81. The molecule has 128 valence electrons. The van der Waals surface area contributed by atoms with Gasteiger partial charge < -0.3 is 9.55 Å². The van der Waals surface area contributed by atoms with Gasteiger partial charge in [-0.2, -0.15) is 5.10 Å². The van der Waals surface area contributed by atoms with Crippen molar-refractivity contribution < 1.29 is 4.79 Å². The van der Waals surface area contributed by atoms with E-state index in [2.05, 4.69) is 20.5 Å². The summed E-state index contributed by atoms with van der Waals surface area (Å²) in [4.78, 5) is 20.1. The van der Waals surface area contributed by atoms with Crippen LogP contribution in [0.2, 0.25) is 0 Å². The molecular formula is C20H17N5O. The van der Waals surface area contributed by atoms with Crippen molar-refractivity contribution >= 4 is 23.0 Å². The van der Waals surface area contributed by atoms with Crippen LogP contribution in [0.4, 0.5) is 0 Å². The fourth-order valence-electron chi connectivity index (χ4n) is 2.92. The van der Waals surface area contributed by atoms with E-state index in [-0.39, 0.29) is 5.91 Å². The quantitative estimate of drug-likeness (QED) is 0.440. The smallest absolute Gasteiger partial charge is 0.288 e. The van der Waals surface area contributed by atoms with Crippen molar-refractivity contribution in [3.05, 3.63) is 78.5 Å². The number of aromatic amines is 1. The number of hydrogen-bond acceptors (Lipinski definition) is 3. The first kappa shape index (κ1) is 15.8. The van der Waals surface area contributed by atoms with Gasteiger partial charge in [0.25, 0.3) is 5.91 Å². The maximum atomic E-state index is 12.7. The van der Waals surface area contributed by atoms with Crippen LogP contribution >= 0.6 is 0 Å². The first-order valence-electron chi connectivity index (χ1n) is 8.21. The lowest BCUT2D eigenvalue weighted by Crippen LogP contribution is -2.19. The number of nitrogens with zero attached hydrogens (tertiary/aromatic N) is 3. The number of nitrogens with one attached hydrogen (secondary N) is 2. The SMILES string of the molecule is Cn1ccnc1/C=N\NC(=O)c1[nH]c2ccccc2c1-c1ccccc1. The van der Waals surface area contributed by atoms with E-state index in [9.17, 15) is 4.79 Å². The van der Waals surface area contributed by atoms with E-state index in [0.29, 0.717) is 11.5 Å². The lowest BCUT2D eigenvalue weighted by molar-refractivity contribution is 0.0951. The minimum Gasteiger partial charge on any atom is -0.350 e. The minimum atomic E-state index is -0.300. The second kappa shape index (κ2) is 6.68. The van der Waals surface area contributed by atoms with Crippen LogP contribution in [-0.2, 0) is 7.05 Å². The van der Waals surface area contributed by atoms with Gasteiger partial charge in [-0.25, -0.2) is 10.4 Å². The highest BCUT2D eigenvalue weighted by Gasteiger charge is 2.18. The third-order valence-corrected chi connectivity index (χ3v) is 4.20. The molecule has 0 unspecified atom stereocenters. The molecule has 0 spiro atoms. The van der Waals surface area contributed by atoms with Gasteiger partial charge in [0, 0.05) is 35.9 Å². The molecule has 2 aromatic carbocycles. The summed E-state index contributed by atoms with van der Waals surface area (Å²) in [5.74, 6) is 0.357. The second-order valence-corrected chi connectivity index (χ2v) is 5.88. The average Bonchev–Trinajstić information content (AvgIpc) is 3.26. The number of rotatable bonds is 4. The van der Waals surface area contributed by atoms with E-state index in [1.54, 1.807) is 6.20 Å². The third-order valence-electron chi connectivity index (χ3n) is 4.20. The largest absolute Gasteiger partial charge is 0.350 e. The number of aromatic nitrogens is 3. The number of para-hydroxylation sites is 1. The summed E-state index contributed by atoms with van der Waals surface area (Å²) < 4.78 is 1.81. The Morgan fingerprint density at radius 3 is 2.69 bits per heavy atom. The van der Waals surface area contributed by atoms with Crippen molar-refractivity contribution in [3.63, 3.8) is 0 Å². The molecule has 0 saturated carbocycles. The summed E-state index contributed by atoms with van der Waals surface area (Å²) in [6.07, 6.45) is 5.01. The Kier molecular flexibility index (Phi) is 4.07. The van der Waals surface area contributed by atoms with Crippen LogP contribution in [0, 0.1) is 0 Å². The number of H-pyrrole nitrogens is 1. The molecule has 1 amide bonds. The Balaban J connectivity index is 1.70. The first-order chi connectivity index (χ1) is 12.7. The fourth-order valence-corrected chi connectivity index (χ4v) is 2.92. The Hall–Kier alpha value is -3.67. The lowest BCUT2D eigenvalue weighted by atomic mass is 10.0. The van der Waals surface area contributed by atoms with Crippen molar-refractivity contribution in [2.24, 2.45) is 12.1 Å². The maximum absolute atomic E-state index is 12.7. The molecule has 0 saturated heterocycles. The standard InChI is InChI=1S/C20H17N5O/c1-25-12-11-21-17(25)13-22-24-20(26)19-18(14-7-3-2-4-8-14)15-9-5-6-10-16(15)23-19/h2-13,23H,1H3,(H,24,26)/b22-13-. The number of fused-ring (bicyclic) bond motifs is 1. The third kappa shape index (κ3) is 2.88. The monoisotopic (exact) mass is 343 g/mol. The van der Waals surface area contributed by atoms with Gasteiger partial charge >= 0.3 is 0 Å². The molecule has 4 rings (SSSR count). The van der Waals surface area contributed by atoms with Gasteiger partial charge in [-0.3, -0.25) is 4.79 Å². The molecule has 26 heavy (non-hydrogen) atoms. The topological polar surface area (TPSA) is 75.1 Å². The van der Waals surface area contributed by atoms with Gasteiger partial charge in [0.2, 0.25) is 0 Å². The Labute approximate surface area is 150 Å². The number of aryl methyl sites for hydroxylation is 1. The molecule has 4 aromatic rings. The van der Waals surface area contributed by atoms with Gasteiger partial charge in [-0.15, -0.1) is 0 Å². The molecule has 0 fully saturated rings. The van der Waals surface area contributed by atoms with Crippen LogP contribution in [0.3, 0.4) is 0 Å². The average molecular weight is 343 g/mol. The minimum absolute atomic E-state index is 0.300. The summed E-state index contributed by atoms with van der Waals surface area (Å²) in [6, 6.07) is 17.7. The molecular weight excluding hydrogens is 326 g/mol. The summed E-state index contributed by atoms with van der Waals surface area (Å²) in [7, 11) is 1.86. The number of carbonyl (C=O) groups excluding carboxylic acids is 1. The molecule has 6 nitrogen and oxygen atoms in total. The molecule has 0 aliphatic carbocycles. The van der Waals surface area contributed by atoms with Crippen LogP contribution in [0.25, 0.3) is 22.0 Å². The van der Waals surface area contributed by atoms with Crippen molar-refractivity contribution in [2.45, 2.75) is 0 Å². The van der Waals surface area contributed by atoms with Gasteiger partial charge in [0.05, 0.1) is 6.21 Å². The highest BCUT2D eigenvalue weighted by Crippen LogP contribution is 2.32. The van der Waals surface area contributed by atoms with E-state index in [0.717, 1.165) is 22.0 Å². The molecule has 2 N–H and O–H groups in total. The molecule has 6 heteroatoms. The number of hydrogen-bond donors (Lipinski definition) is 2. The number of benzene rings is 2. The maximum Gasteiger partial charge on any atom is 0.288 e. The van der Waals surface area contributed by atoms with E-state index < -0.39 is 0 Å². The van der Waals surface area contributed by atoms with Crippen molar-refractivity contribution in [1.29, 1.82) is 0 Å². The van der Waals surface area contributed by atoms with Gasteiger partial charge in [0.15, 0.2) is 5.82 Å². The molecule has 0 aliphatic rings. The molecule has 0 bridgehead atoms. The zero-order chi connectivity index (χ0) is 17.9. The van der Waals surface area contributed by atoms with Crippen LogP contribution < -0.4 is 5.43 Å². The summed E-state index contributed by atoms with van der Waals surface area (Å²) in [5, 5.41) is 5.03. The Morgan fingerprint density at radius 1 is 1.15 bits per heavy atom. The fraction of sp³-hybridized carbons (Fsp3) is 0.0500. The molecule has 2 heterocycles. The predicted octanol–water partition coefficient (Wildman–Crippen LogP) is 3.33. The normalized spacial score (nSPS) is 11.3. The first-order valence-corrected chi connectivity index (χ1v) is 8.21. The number of carbonyl (C=O) groups is 1. The zero-order valence-electron chi connectivity index (χ0n) is 14.2. The molecule has 2 aromatic heterocycles. The Bertz CT molecular complexity index is 1090. The van der Waals surface area contributed by atoms with Crippen LogP contribution in [-0.4, -0.2) is 26.7 Å². The number of hydrazone groups is 1. The van der Waals surface area contributed by atoms with Crippen molar-refractivity contribution in [3.8, 4) is 11.1 Å². The van der Waals surface area contributed by atoms with Crippen molar-refractivity contribution in [1.82, 2.24) is 20.0 Å². The van der Waals surface area contributed by atoms with Gasteiger partial charge in [-0.05, 0) is 11.6 Å². The van der Waals surface area contributed by atoms with Crippen LogP contribution in [0.15, 0.2) is 72.1 Å². The van der Waals surface area contributed by atoms with E-state index >= 15 is 0 Å². The molecule has 0 radical (unpaired) electrons. The number of amides is 1. The van der Waals surface area contributed by atoms with Crippen LogP contribution in [0.1, 0.15) is 16.3 Å². The predicted molar refractivity (Wildman–Crippen MR) is 102 cm³/mol. The van der Waals surface area contributed by atoms with Crippen molar-refractivity contribution in [2.75, 3.05) is 0 Å². The number of imidazole rings is 1. The summed E-state index contributed by atoms with van der Waals surface area (Å²) in [6.45, 7) is 0. The van der Waals surface area contributed by atoms with E-state index in [1.807, 2.05) is 72.4 Å². The highest BCUT2D eigenvalue weighted by atomic mass is 16.2. The van der Waals surface area contributed by atoms with Crippen LogP contribution in [0.5, 0.6) is 0 Å².